The van der Waals surface area contributed by atoms with Gasteiger partial charge >= 0.3 is 5.69 Å². The summed E-state index contributed by atoms with van der Waals surface area (Å²) in [6.07, 6.45) is 0.805. The largest absolute Gasteiger partial charge is 0.330 e. The molecule has 0 bridgehead atoms. The van der Waals surface area contributed by atoms with Gasteiger partial charge in [-0.25, -0.2) is 4.79 Å². The van der Waals surface area contributed by atoms with Crippen LogP contribution in [0.15, 0.2) is 27.5 Å². The lowest BCUT2D eigenvalue weighted by Gasteiger charge is -2.01. The molecule has 0 unspecified atom stereocenters. The van der Waals surface area contributed by atoms with E-state index in [0.717, 1.165) is 21.9 Å². The first-order chi connectivity index (χ1) is 7.24. The van der Waals surface area contributed by atoms with E-state index in [1.807, 2.05) is 18.2 Å². The Balaban J connectivity index is 2.58. The van der Waals surface area contributed by atoms with E-state index in [2.05, 4.69) is 20.9 Å². The number of benzene rings is 1. The normalized spacial score (nSPS) is 11.1. The maximum atomic E-state index is 11.6. The van der Waals surface area contributed by atoms with Gasteiger partial charge in [0.15, 0.2) is 0 Å². The van der Waals surface area contributed by atoms with Gasteiger partial charge < -0.3 is 10.7 Å². The number of nitrogens with one attached hydrogen (secondary N) is 1. The van der Waals surface area contributed by atoms with Crippen LogP contribution in [-0.4, -0.2) is 16.1 Å². The third-order valence-corrected chi connectivity index (χ3v) is 3.01. The molecule has 0 radical (unpaired) electrons. The number of halogens is 1. The van der Waals surface area contributed by atoms with Crippen LogP contribution >= 0.6 is 15.9 Å². The number of aromatic nitrogens is 2. The Morgan fingerprint density at radius 1 is 1.47 bits per heavy atom. The molecular weight excluding hydrogens is 258 g/mol. The van der Waals surface area contributed by atoms with Gasteiger partial charge in [0.05, 0.1) is 11.0 Å². The first-order valence-corrected chi connectivity index (χ1v) is 5.60. The van der Waals surface area contributed by atoms with Crippen molar-refractivity contribution < 1.29 is 0 Å². The zero-order valence-electron chi connectivity index (χ0n) is 8.16. The lowest BCUT2D eigenvalue weighted by atomic mass is 10.3. The number of nitrogens with two attached hydrogens (primary N) is 1. The molecule has 0 atom stereocenters. The summed E-state index contributed by atoms with van der Waals surface area (Å²) >= 11 is 3.40. The highest BCUT2D eigenvalue weighted by atomic mass is 79.9. The van der Waals surface area contributed by atoms with Crippen molar-refractivity contribution in [3.8, 4) is 0 Å². The maximum absolute atomic E-state index is 11.6. The molecular formula is C10H12BrN3O. The van der Waals surface area contributed by atoms with Crippen molar-refractivity contribution in [3.63, 3.8) is 0 Å². The highest BCUT2D eigenvalue weighted by molar-refractivity contribution is 9.10. The van der Waals surface area contributed by atoms with E-state index in [1.54, 1.807) is 4.57 Å². The van der Waals surface area contributed by atoms with Crippen molar-refractivity contribution in [1.29, 1.82) is 0 Å². The highest BCUT2D eigenvalue weighted by Gasteiger charge is 2.07. The number of rotatable bonds is 3. The summed E-state index contributed by atoms with van der Waals surface area (Å²) in [5.74, 6) is 0. The number of hydrogen-bond acceptors (Lipinski definition) is 2. The quantitative estimate of drug-likeness (QED) is 0.886. The molecule has 0 saturated carbocycles. The van der Waals surface area contributed by atoms with Crippen molar-refractivity contribution in [3.05, 3.63) is 33.2 Å². The molecule has 2 aromatic rings. The Morgan fingerprint density at radius 3 is 3.00 bits per heavy atom. The van der Waals surface area contributed by atoms with Crippen LogP contribution in [0.5, 0.6) is 0 Å². The van der Waals surface area contributed by atoms with Gasteiger partial charge in [0.25, 0.3) is 0 Å². The van der Waals surface area contributed by atoms with Crippen LogP contribution in [0.25, 0.3) is 11.0 Å². The summed E-state index contributed by atoms with van der Waals surface area (Å²) in [7, 11) is 0. The van der Waals surface area contributed by atoms with E-state index in [1.165, 1.54) is 0 Å². The highest BCUT2D eigenvalue weighted by Crippen LogP contribution is 2.20. The molecule has 5 heteroatoms. The monoisotopic (exact) mass is 269 g/mol. The first kappa shape index (κ1) is 10.4. The lowest BCUT2D eigenvalue weighted by molar-refractivity contribution is 0.647. The third kappa shape index (κ3) is 1.85. The third-order valence-electron chi connectivity index (χ3n) is 2.35. The lowest BCUT2D eigenvalue weighted by Crippen LogP contribution is -2.18. The second-order valence-corrected chi connectivity index (χ2v) is 4.21. The van der Waals surface area contributed by atoms with Gasteiger partial charge in [-0.15, -0.1) is 0 Å². The van der Waals surface area contributed by atoms with Crippen LogP contribution in [0.3, 0.4) is 0 Å². The molecule has 2 rings (SSSR count). The molecule has 1 aromatic heterocycles. The molecule has 0 saturated heterocycles. The summed E-state index contributed by atoms with van der Waals surface area (Å²) in [5.41, 5.74) is 7.12. The molecule has 1 aromatic carbocycles. The Bertz CT molecular complexity index is 529. The van der Waals surface area contributed by atoms with E-state index in [9.17, 15) is 4.79 Å². The van der Waals surface area contributed by atoms with Gasteiger partial charge in [-0.3, -0.25) is 4.57 Å². The number of nitrogens with zero attached hydrogens (tertiary/aromatic N) is 1. The van der Waals surface area contributed by atoms with Gasteiger partial charge in [0, 0.05) is 11.0 Å². The minimum Gasteiger partial charge on any atom is -0.330 e. The number of para-hydroxylation sites is 1. The van der Waals surface area contributed by atoms with Gasteiger partial charge in [-0.2, -0.15) is 0 Å². The molecule has 0 spiro atoms. The van der Waals surface area contributed by atoms with Crippen LogP contribution in [0, 0.1) is 0 Å². The summed E-state index contributed by atoms with van der Waals surface area (Å²) in [5, 5.41) is 0. The molecule has 15 heavy (non-hydrogen) atoms. The van der Waals surface area contributed by atoms with Crippen LogP contribution in [0.1, 0.15) is 6.42 Å². The molecule has 0 aliphatic heterocycles. The summed E-state index contributed by atoms with van der Waals surface area (Å²) in [4.78, 5) is 14.5. The Kier molecular flexibility index (Phi) is 2.93. The zero-order valence-corrected chi connectivity index (χ0v) is 9.75. The topological polar surface area (TPSA) is 63.8 Å². The van der Waals surface area contributed by atoms with E-state index >= 15 is 0 Å². The minimum absolute atomic E-state index is 0.0784. The second kappa shape index (κ2) is 4.20. The summed E-state index contributed by atoms with van der Waals surface area (Å²) in [6, 6.07) is 5.75. The number of aromatic amines is 1. The van der Waals surface area contributed by atoms with Crippen molar-refractivity contribution >= 4 is 27.0 Å². The van der Waals surface area contributed by atoms with Gasteiger partial charge in [0.2, 0.25) is 0 Å². The van der Waals surface area contributed by atoms with Gasteiger partial charge in [-0.05, 0) is 41.0 Å². The van der Waals surface area contributed by atoms with Crippen LogP contribution < -0.4 is 11.4 Å². The van der Waals surface area contributed by atoms with Crippen molar-refractivity contribution in [1.82, 2.24) is 9.55 Å². The molecule has 0 amide bonds. The molecule has 3 N–H and O–H groups in total. The maximum Gasteiger partial charge on any atom is 0.326 e. The smallest absolute Gasteiger partial charge is 0.326 e. The number of imidazole rings is 1. The molecule has 0 fully saturated rings. The minimum atomic E-state index is -0.0784. The molecule has 0 aliphatic rings. The number of H-pyrrole nitrogens is 1. The van der Waals surface area contributed by atoms with Crippen molar-refractivity contribution in [2.45, 2.75) is 13.0 Å². The fourth-order valence-corrected chi connectivity index (χ4v) is 2.07. The number of hydrogen-bond donors (Lipinski definition) is 2. The SMILES string of the molecule is NCCCn1c(=O)[nH]c2c(Br)cccc21. The second-order valence-electron chi connectivity index (χ2n) is 3.36. The summed E-state index contributed by atoms with van der Waals surface area (Å²) < 4.78 is 2.62. The summed E-state index contributed by atoms with van der Waals surface area (Å²) in [6.45, 7) is 1.25. The van der Waals surface area contributed by atoms with Crippen molar-refractivity contribution in [2.75, 3.05) is 6.54 Å². The standard InChI is InChI=1S/C10H12BrN3O/c11-7-3-1-4-8-9(7)13-10(15)14(8)6-2-5-12/h1,3-4H,2,5-6,12H2,(H,13,15). The Morgan fingerprint density at radius 2 is 2.27 bits per heavy atom. The average Bonchev–Trinajstić information content (AvgIpc) is 2.54. The molecule has 4 nitrogen and oxygen atoms in total. The van der Waals surface area contributed by atoms with Gasteiger partial charge in [0.1, 0.15) is 0 Å². The van der Waals surface area contributed by atoms with Crippen molar-refractivity contribution in [2.24, 2.45) is 5.73 Å². The van der Waals surface area contributed by atoms with Crippen LogP contribution in [0.4, 0.5) is 0 Å². The predicted molar refractivity (Wildman–Crippen MR) is 63.9 cm³/mol. The first-order valence-electron chi connectivity index (χ1n) is 4.81. The van der Waals surface area contributed by atoms with Gasteiger partial charge in [-0.1, -0.05) is 6.07 Å². The average molecular weight is 270 g/mol. The van der Waals surface area contributed by atoms with E-state index in [-0.39, 0.29) is 5.69 Å². The van der Waals surface area contributed by atoms with E-state index in [4.69, 9.17) is 5.73 Å². The van der Waals surface area contributed by atoms with E-state index < -0.39 is 0 Å². The predicted octanol–water partition coefficient (Wildman–Crippen LogP) is 1.44. The van der Waals surface area contributed by atoms with E-state index in [0.29, 0.717) is 13.1 Å². The molecule has 0 aliphatic carbocycles. The fourth-order valence-electron chi connectivity index (χ4n) is 1.62. The van der Waals surface area contributed by atoms with Crippen LogP contribution in [0.2, 0.25) is 0 Å². The fraction of sp³-hybridized carbons (Fsp3) is 0.300. The zero-order chi connectivity index (χ0) is 10.8. The van der Waals surface area contributed by atoms with Crippen LogP contribution in [-0.2, 0) is 6.54 Å². The Hall–Kier alpha value is -1.07. The number of aryl methyl sites for hydroxylation is 1. The molecule has 80 valence electrons. The Labute approximate surface area is 95.2 Å². The number of fused-ring (bicyclic) bond motifs is 1. The molecule has 1 heterocycles.